The first-order chi connectivity index (χ1) is 6.88. The van der Waals surface area contributed by atoms with Crippen LogP contribution in [0, 0.1) is 0 Å². The maximum Gasteiger partial charge on any atom is 0.111 e. The fourth-order valence-electron chi connectivity index (χ4n) is 1.59. The van der Waals surface area contributed by atoms with Gasteiger partial charge in [0.2, 0.25) is 0 Å². The third-order valence-corrected chi connectivity index (χ3v) is 4.38. The van der Waals surface area contributed by atoms with E-state index in [0.717, 1.165) is 11.7 Å². The van der Waals surface area contributed by atoms with Crippen LogP contribution in [-0.4, -0.2) is 5.66 Å². The van der Waals surface area contributed by atoms with Crippen molar-refractivity contribution < 1.29 is 4.57 Å². The molecule has 14 heavy (non-hydrogen) atoms. The fraction of sp³-hybridized carbons (Fsp3) is 0.167. The number of rotatable bonds is 2. The molecule has 0 aromatic heterocycles. The van der Waals surface area contributed by atoms with Gasteiger partial charge in [-0.15, -0.1) is 0 Å². The molecule has 0 spiro atoms. The lowest BCUT2D eigenvalue weighted by molar-refractivity contribution is 0.589. The van der Waals surface area contributed by atoms with Crippen LogP contribution in [0.25, 0.3) is 0 Å². The van der Waals surface area contributed by atoms with E-state index in [4.69, 9.17) is 0 Å². The molecule has 2 rings (SSSR count). The van der Waals surface area contributed by atoms with Gasteiger partial charge in [0.15, 0.2) is 0 Å². The van der Waals surface area contributed by atoms with Crippen LogP contribution in [-0.2, 0) is 4.57 Å². The minimum absolute atomic E-state index is 0.215. The summed E-state index contributed by atoms with van der Waals surface area (Å²) in [6, 6.07) is 9.75. The Hall–Kier alpha value is -1.07. The van der Waals surface area contributed by atoms with E-state index in [1.807, 2.05) is 48.6 Å². The minimum Gasteiger partial charge on any atom is -0.321 e. The van der Waals surface area contributed by atoms with Gasteiger partial charge in [0.25, 0.3) is 0 Å². The number of benzene rings is 1. The van der Waals surface area contributed by atoms with Crippen molar-refractivity contribution in [3.63, 3.8) is 0 Å². The van der Waals surface area contributed by atoms with Crippen LogP contribution >= 0.6 is 7.80 Å². The molecule has 1 aromatic rings. The first-order valence-corrected chi connectivity index (χ1v) is 6.29. The molecule has 2 atom stereocenters. The van der Waals surface area contributed by atoms with Gasteiger partial charge in [0.05, 0.1) is 0 Å². The van der Waals surface area contributed by atoms with Crippen LogP contribution in [0.15, 0.2) is 54.6 Å². The van der Waals surface area contributed by atoms with Crippen LogP contribution in [0.2, 0.25) is 0 Å². The van der Waals surface area contributed by atoms with Gasteiger partial charge in [-0.3, -0.25) is 0 Å². The summed E-state index contributed by atoms with van der Waals surface area (Å²) in [7, 11) is -1.66. The summed E-state index contributed by atoms with van der Waals surface area (Å²) in [6.45, 7) is 0. The smallest absolute Gasteiger partial charge is 0.111 e. The molecule has 2 unspecified atom stereocenters. The molecule has 0 radical (unpaired) electrons. The van der Waals surface area contributed by atoms with Gasteiger partial charge in [-0.25, -0.2) is 0 Å². The van der Waals surface area contributed by atoms with E-state index in [9.17, 15) is 4.57 Å². The molecule has 1 aliphatic carbocycles. The van der Waals surface area contributed by atoms with E-state index in [1.165, 1.54) is 0 Å². The summed E-state index contributed by atoms with van der Waals surface area (Å²) < 4.78 is 12.1. The lowest BCUT2D eigenvalue weighted by Gasteiger charge is -2.12. The highest BCUT2D eigenvalue weighted by Crippen LogP contribution is 2.32. The molecule has 2 heteroatoms. The van der Waals surface area contributed by atoms with Crippen LogP contribution in [0.5, 0.6) is 0 Å². The first kappa shape index (κ1) is 9.48. The second-order valence-electron chi connectivity index (χ2n) is 3.39. The van der Waals surface area contributed by atoms with Gasteiger partial charge in [-0.2, -0.15) is 0 Å². The zero-order chi connectivity index (χ0) is 9.80. The molecule has 1 nitrogen and oxygen atoms in total. The van der Waals surface area contributed by atoms with Crippen molar-refractivity contribution in [2.45, 2.75) is 12.1 Å². The zero-order valence-electron chi connectivity index (χ0n) is 7.89. The van der Waals surface area contributed by atoms with Gasteiger partial charge in [-0.05, 0) is 6.42 Å². The summed E-state index contributed by atoms with van der Waals surface area (Å²) >= 11 is 0. The fourth-order valence-corrected chi connectivity index (χ4v) is 3.18. The van der Waals surface area contributed by atoms with Crippen LogP contribution in [0.1, 0.15) is 6.42 Å². The summed E-state index contributed by atoms with van der Waals surface area (Å²) in [5.41, 5.74) is 0.215. The molecular weight excluding hydrogens is 191 g/mol. The maximum absolute atomic E-state index is 12.1. The topological polar surface area (TPSA) is 17.1 Å². The van der Waals surface area contributed by atoms with Gasteiger partial charge < -0.3 is 4.57 Å². The average Bonchev–Trinajstić information content (AvgIpc) is 2.30. The number of hydrogen-bond acceptors (Lipinski definition) is 1. The van der Waals surface area contributed by atoms with Gasteiger partial charge in [0.1, 0.15) is 7.80 Å². The van der Waals surface area contributed by atoms with Crippen molar-refractivity contribution in [1.29, 1.82) is 0 Å². The minimum atomic E-state index is -1.66. The van der Waals surface area contributed by atoms with Crippen molar-refractivity contribution in [2.24, 2.45) is 0 Å². The molecule has 0 fully saturated rings. The lowest BCUT2D eigenvalue weighted by Crippen LogP contribution is -2.07. The standard InChI is InChI=1S/C12H13OP/c13-14(11-7-3-1-4-8-11)12-9-5-2-6-10-12/h1-9,12,14H,10H2. The summed E-state index contributed by atoms with van der Waals surface area (Å²) in [5, 5.41) is 0.988. The van der Waals surface area contributed by atoms with Gasteiger partial charge in [0, 0.05) is 11.0 Å². The van der Waals surface area contributed by atoms with Crippen molar-refractivity contribution in [3.8, 4) is 0 Å². The average molecular weight is 204 g/mol. The van der Waals surface area contributed by atoms with E-state index in [2.05, 4.69) is 6.08 Å². The normalized spacial score (nSPS) is 22.1. The summed E-state index contributed by atoms with van der Waals surface area (Å²) in [5.74, 6) is 0. The first-order valence-electron chi connectivity index (χ1n) is 4.80. The third-order valence-electron chi connectivity index (χ3n) is 2.38. The zero-order valence-corrected chi connectivity index (χ0v) is 8.89. The van der Waals surface area contributed by atoms with Crippen LogP contribution in [0.4, 0.5) is 0 Å². The van der Waals surface area contributed by atoms with Crippen LogP contribution < -0.4 is 5.30 Å². The Balaban J connectivity index is 2.17. The highest BCUT2D eigenvalue weighted by Gasteiger charge is 2.14. The lowest BCUT2D eigenvalue weighted by atomic mass is 10.2. The Labute approximate surface area is 84.9 Å². The van der Waals surface area contributed by atoms with E-state index < -0.39 is 7.80 Å². The predicted octanol–water partition coefficient (Wildman–Crippen LogP) is 2.76. The molecule has 0 saturated carbocycles. The van der Waals surface area contributed by atoms with Crippen molar-refractivity contribution in [2.75, 3.05) is 0 Å². The molecular formula is C12H13OP. The quantitative estimate of drug-likeness (QED) is 0.677. The Bertz CT molecular complexity index is 379. The highest BCUT2D eigenvalue weighted by molar-refractivity contribution is 7.54. The molecule has 72 valence electrons. The predicted molar refractivity (Wildman–Crippen MR) is 61.8 cm³/mol. The Morgan fingerprint density at radius 3 is 2.57 bits per heavy atom. The number of allylic oxidation sites excluding steroid dienone is 4. The molecule has 0 saturated heterocycles. The Morgan fingerprint density at radius 1 is 1.14 bits per heavy atom. The van der Waals surface area contributed by atoms with E-state index in [-0.39, 0.29) is 5.66 Å². The third kappa shape index (κ3) is 2.05. The van der Waals surface area contributed by atoms with Gasteiger partial charge in [-0.1, -0.05) is 54.6 Å². The Morgan fingerprint density at radius 2 is 1.93 bits per heavy atom. The molecule has 0 aliphatic heterocycles. The summed E-state index contributed by atoms with van der Waals surface area (Å²) in [6.07, 6.45) is 9.03. The molecule has 1 aliphatic rings. The highest BCUT2D eigenvalue weighted by atomic mass is 31.1. The van der Waals surface area contributed by atoms with Crippen LogP contribution in [0.3, 0.4) is 0 Å². The Kier molecular flexibility index (Phi) is 3.00. The largest absolute Gasteiger partial charge is 0.321 e. The number of hydrogen-bond donors (Lipinski definition) is 0. The SMILES string of the molecule is O=[PH](c1ccccc1)C1C=CC=CC1. The molecule has 0 heterocycles. The van der Waals surface area contributed by atoms with E-state index in [0.29, 0.717) is 0 Å². The van der Waals surface area contributed by atoms with Crippen molar-refractivity contribution in [1.82, 2.24) is 0 Å². The van der Waals surface area contributed by atoms with Crippen molar-refractivity contribution in [3.05, 3.63) is 54.6 Å². The maximum atomic E-state index is 12.1. The van der Waals surface area contributed by atoms with E-state index >= 15 is 0 Å². The van der Waals surface area contributed by atoms with Crippen molar-refractivity contribution >= 4 is 13.1 Å². The molecule has 0 bridgehead atoms. The summed E-state index contributed by atoms with van der Waals surface area (Å²) in [4.78, 5) is 0. The van der Waals surface area contributed by atoms with Gasteiger partial charge >= 0.3 is 0 Å². The second-order valence-corrected chi connectivity index (χ2v) is 5.43. The monoisotopic (exact) mass is 204 g/mol. The molecule has 0 amide bonds. The molecule has 0 N–H and O–H groups in total. The second kappa shape index (κ2) is 4.43. The van der Waals surface area contributed by atoms with E-state index in [1.54, 1.807) is 0 Å². The molecule has 1 aromatic carbocycles.